The van der Waals surface area contributed by atoms with Crippen molar-refractivity contribution in [3.63, 3.8) is 0 Å². The van der Waals surface area contributed by atoms with Crippen LogP contribution in [0.2, 0.25) is 0 Å². The molecule has 2 aromatic heterocycles. The second-order valence-electron chi connectivity index (χ2n) is 4.43. The molecule has 0 unspecified atom stereocenters. The molecule has 100 valence electrons. The fourth-order valence-electron chi connectivity index (χ4n) is 2.12. The number of aromatic nitrogens is 1. The zero-order chi connectivity index (χ0) is 14.1. The minimum atomic E-state index is -0.257. The number of thiophene rings is 1. The van der Waals surface area contributed by atoms with E-state index in [0.717, 1.165) is 5.52 Å². The topological polar surface area (TPSA) is 51.1 Å². The number of hydrogen-bond acceptors (Lipinski definition) is 3. The summed E-state index contributed by atoms with van der Waals surface area (Å²) >= 11 is 1.34. The molecular weight excluding hydrogens is 272 g/mol. The molecule has 5 heteroatoms. The van der Waals surface area contributed by atoms with Crippen LogP contribution in [0.3, 0.4) is 0 Å². The maximum atomic E-state index is 12.4. The van der Waals surface area contributed by atoms with Crippen LogP contribution in [-0.4, -0.2) is 10.5 Å². The summed E-state index contributed by atoms with van der Waals surface area (Å²) in [5, 5.41) is 5.11. The van der Waals surface area contributed by atoms with Crippen LogP contribution in [0.1, 0.15) is 9.67 Å². The van der Waals surface area contributed by atoms with Crippen LogP contribution >= 0.6 is 11.3 Å². The highest BCUT2D eigenvalue weighted by atomic mass is 32.1. The van der Waals surface area contributed by atoms with Gasteiger partial charge in [0.1, 0.15) is 5.69 Å². The first-order valence-corrected chi connectivity index (χ1v) is 6.98. The molecule has 4 nitrogen and oxygen atoms in total. The molecule has 1 amide bonds. The van der Waals surface area contributed by atoms with Crippen LogP contribution in [0.4, 0.5) is 5.69 Å². The van der Waals surface area contributed by atoms with E-state index in [4.69, 9.17) is 0 Å². The summed E-state index contributed by atoms with van der Waals surface area (Å²) in [6.07, 6.45) is 1.65. The molecule has 0 aliphatic heterocycles. The maximum absolute atomic E-state index is 12.4. The number of fused-ring (bicyclic) bond motifs is 1. The standard InChI is InChI=1S/C15H12N2O2S/c1-17-9-11(16-15(19)13-7-4-8-20-13)14(18)10-5-2-3-6-12(10)17/h2-9H,1H3,(H,16,19). The van der Waals surface area contributed by atoms with E-state index in [1.54, 1.807) is 24.4 Å². The van der Waals surface area contributed by atoms with E-state index in [1.165, 1.54) is 11.3 Å². The van der Waals surface area contributed by atoms with Gasteiger partial charge in [0, 0.05) is 18.6 Å². The summed E-state index contributed by atoms with van der Waals surface area (Å²) in [4.78, 5) is 25.0. The third kappa shape index (κ3) is 2.12. The lowest BCUT2D eigenvalue weighted by Gasteiger charge is -2.09. The molecule has 0 aliphatic rings. The number of para-hydroxylation sites is 1. The van der Waals surface area contributed by atoms with Crippen molar-refractivity contribution < 1.29 is 4.79 Å². The molecule has 1 aromatic carbocycles. The molecule has 2 heterocycles. The Morgan fingerprint density at radius 1 is 1.20 bits per heavy atom. The fourth-order valence-corrected chi connectivity index (χ4v) is 2.74. The van der Waals surface area contributed by atoms with Gasteiger partial charge in [-0.25, -0.2) is 0 Å². The third-order valence-corrected chi connectivity index (χ3v) is 3.96. The highest BCUT2D eigenvalue weighted by Crippen LogP contribution is 2.15. The Bertz CT molecular complexity index is 835. The number of amides is 1. The van der Waals surface area contributed by atoms with Gasteiger partial charge in [-0.2, -0.15) is 0 Å². The smallest absolute Gasteiger partial charge is 0.265 e. The van der Waals surface area contributed by atoms with Gasteiger partial charge in [-0.15, -0.1) is 11.3 Å². The van der Waals surface area contributed by atoms with E-state index in [1.807, 2.05) is 35.2 Å². The molecule has 3 aromatic rings. The number of pyridine rings is 1. The van der Waals surface area contributed by atoms with Gasteiger partial charge in [-0.3, -0.25) is 9.59 Å². The number of hydrogen-bond donors (Lipinski definition) is 1. The van der Waals surface area contributed by atoms with Crippen LogP contribution in [0.15, 0.2) is 52.8 Å². The quantitative estimate of drug-likeness (QED) is 0.786. The lowest BCUT2D eigenvalue weighted by molar-refractivity contribution is 0.103. The predicted molar refractivity (Wildman–Crippen MR) is 81.5 cm³/mol. The van der Waals surface area contributed by atoms with Crippen molar-refractivity contribution in [1.82, 2.24) is 4.57 Å². The lowest BCUT2D eigenvalue weighted by atomic mass is 10.2. The van der Waals surface area contributed by atoms with Crippen molar-refractivity contribution in [1.29, 1.82) is 0 Å². The SMILES string of the molecule is Cn1cc(NC(=O)c2cccs2)c(=O)c2ccccc21. The number of anilines is 1. The van der Waals surface area contributed by atoms with Gasteiger partial charge in [0.25, 0.3) is 5.91 Å². The highest BCUT2D eigenvalue weighted by molar-refractivity contribution is 7.12. The Morgan fingerprint density at radius 2 is 2.00 bits per heavy atom. The summed E-state index contributed by atoms with van der Waals surface area (Å²) in [5.74, 6) is -0.257. The van der Waals surface area contributed by atoms with E-state index in [-0.39, 0.29) is 11.3 Å². The van der Waals surface area contributed by atoms with Crippen LogP contribution < -0.4 is 10.7 Å². The third-order valence-electron chi connectivity index (χ3n) is 3.09. The van der Waals surface area contributed by atoms with E-state index in [9.17, 15) is 9.59 Å². The van der Waals surface area contributed by atoms with E-state index in [2.05, 4.69) is 5.32 Å². The summed E-state index contributed by atoms with van der Waals surface area (Å²) in [5.41, 5.74) is 0.972. The van der Waals surface area contributed by atoms with Gasteiger partial charge in [0.2, 0.25) is 5.43 Å². The fraction of sp³-hybridized carbons (Fsp3) is 0.0667. The van der Waals surface area contributed by atoms with E-state index in [0.29, 0.717) is 16.0 Å². The van der Waals surface area contributed by atoms with Crippen molar-refractivity contribution in [2.24, 2.45) is 7.05 Å². The van der Waals surface area contributed by atoms with E-state index >= 15 is 0 Å². The van der Waals surface area contributed by atoms with Crippen LogP contribution in [0.25, 0.3) is 10.9 Å². The number of aryl methyl sites for hydroxylation is 1. The molecule has 0 radical (unpaired) electrons. The molecule has 0 atom stereocenters. The average molecular weight is 284 g/mol. The second kappa shape index (κ2) is 4.94. The normalized spacial score (nSPS) is 10.7. The number of carbonyl (C=O) groups is 1. The first-order valence-electron chi connectivity index (χ1n) is 6.10. The highest BCUT2D eigenvalue weighted by Gasteiger charge is 2.12. The summed E-state index contributed by atoms with van der Waals surface area (Å²) in [6.45, 7) is 0. The zero-order valence-corrected chi connectivity index (χ0v) is 11.6. The molecule has 0 aliphatic carbocycles. The first-order chi connectivity index (χ1) is 9.66. The second-order valence-corrected chi connectivity index (χ2v) is 5.38. The molecule has 0 spiro atoms. The number of nitrogens with one attached hydrogen (secondary N) is 1. The minimum absolute atomic E-state index is 0.163. The number of benzene rings is 1. The largest absolute Gasteiger partial charge is 0.348 e. The van der Waals surface area contributed by atoms with Gasteiger partial charge in [-0.05, 0) is 23.6 Å². The Morgan fingerprint density at radius 3 is 2.75 bits per heavy atom. The van der Waals surface area contributed by atoms with Crippen LogP contribution in [-0.2, 0) is 7.05 Å². The monoisotopic (exact) mass is 284 g/mol. The predicted octanol–water partition coefficient (Wildman–Crippen LogP) is 2.85. The maximum Gasteiger partial charge on any atom is 0.265 e. The summed E-state index contributed by atoms with van der Waals surface area (Å²) in [7, 11) is 1.85. The molecule has 20 heavy (non-hydrogen) atoms. The van der Waals surface area contributed by atoms with Crippen molar-refractivity contribution in [2.45, 2.75) is 0 Å². The van der Waals surface area contributed by atoms with Crippen LogP contribution in [0.5, 0.6) is 0 Å². The van der Waals surface area contributed by atoms with Crippen molar-refractivity contribution in [3.05, 3.63) is 63.1 Å². The Hall–Kier alpha value is -2.40. The summed E-state index contributed by atoms with van der Waals surface area (Å²) in [6, 6.07) is 10.9. The zero-order valence-electron chi connectivity index (χ0n) is 10.8. The van der Waals surface area contributed by atoms with Gasteiger partial charge >= 0.3 is 0 Å². The first kappa shape index (κ1) is 12.6. The van der Waals surface area contributed by atoms with Crippen molar-refractivity contribution in [2.75, 3.05) is 5.32 Å². The van der Waals surface area contributed by atoms with E-state index < -0.39 is 0 Å². The molecule has 0 bridgehead atoms. The molecule has 3 rings (SSSR count). The van der Waals surface area contributed by atoms with Gasteiger partial charge in [0.05, 0.1) is 10.4 Å². The molecule has 0 saturated heterocycles. The minimum Gasteiger partial charge on any atom is -0.348 e. The summed E-state index contributed by atoms with van der Waals surface area (Å²) < 4.78 is 1.83. The number of nitrogens with zero attached hydrogens (tertiary/aromatic N) is 1. The molecule has 1 N–H and O–H groups in total. The Labute approximate surface area is 119 Å². The lowest BCUT2D eigenvalue weighted by Crippen LogP contribution is -2.19. The number of carbonyl (C=O) groups excluding carboxylic acids is 1. The Balaban J connectivity index is 2.07. The molecular formula is C15H12N2O2S. The number of rotatable bonds is 2. The van der Waals surface area contributed by atoms with Crippen molar-refractivity contribution in [3.8, 4) is 0 Å². The van der Waals surface area contributed by atoms with Crippen molar-refractivity contribution >= 4 is 33.8 Å². The average Bonchev–Trinajstić information content (AvgIpc) is 2.99. The molecule has 0 fully saturated rings. The van der Waals surface area contributed by atoms with Gasteiger partial charge < -0.3 is 9.88 Å². The Kier molecular flexibility index (Phi) is 3.12. The van der Waals surface area contributed by atoms with Gasteiger partial charge in [-0.1, -0.05) is 18.2 Å². The van der Waals surface area contributed by atoms with Crippen LogP contribution in [0, 0.1) is 0 Å². The van der Waals surface area contributed by atoms with Gasteiger partial charge in [0.15, 0.2) is 0 Å². The molecule has 0 saturated carbocycles.